The van der Waals surface area contributed by atoms with E-state index in [4.69, 9.17) is 4.42 Å². The van der Waals surface area contributed by atoms with Crippen molar-refractivity contribution in [3.8, 4) is 11.5 Å². The molecule has 0 radical (unpaired) electrons. The van der Waals surface area contributed by atoms with Gasteiger partial charge in [-0.25, -0.2) is 9.37 Å². The summed E-state index contributed by atoms with van der Waals surface area (Å²) in [5.74, 6) is -0.0206. The highest BCUT2D eigenvalue weighted by Crippen LogP contribution is 2.22. The molecular formula is C21H19FN2O3. The molecule has 0 unspecified atom stereocenters. The van der Waals surface area contributed by atoms with Gasteiger partial charge in [0.25, 0.3) is 0 Å². The van der Waals surface area contributed by atoms with Gasteiger partial charge in [0, 0.05) is 11.1 Å². The number of halogens is 1. The highest BCUT2D eigenvalue weighted by atomic mass is 19.1. The maximum absolute atomic E-state index is 12.9. The van der Waals surface area contributed by atoms with Crippen LogP contribution in [0.5, 0.6) is 0 Å². The minimum Gasteiger partial charge on any atom is -0.441 e. The number of oxazole rings is 1. The molecule has 1 amide bonds. The Balaban J connectivity index is 1.61. The second kappa shape index (κ2) is 7.95. The van der Waals surface area contributed by atoms with Crippen LogP contribution in [-0.2, 0) is 11.2 Å². The number of Topliss-reactive ketones (excluding diaryl/α,β-unsaturated/α-hetero) is 1. The van der Waals surface area contributed by atoms with Crippen molar-refractivity contribution in [3.63, 3.8) is 0 Å². The lowest BCUT2D eigenvalue weighted by Crippen LogP contribution is -2.31. The van der Waals surface area contributed by atoms with Gasteiger partial charge in [-0.1, -0.05) is 17.7 Å². The Morgan fingerprint density at radius 3 is 2.56 bits per heavy atom. The second-order valence-electron chi connectivity index (χ2n) is 6.27. The first-order valence-electron chi connectivity index (χ1n) is 8.51. The molecule has 1 aromatic heterocycles. The third-order valence-electron chi connectivity index (χ3n) is 4.10. The predicted octanol–water partition coefficient (Wildman–Crippen LogP) is 3.64. The summed E-state index contributed by atoms with van der Waals surface area (Å²) in [7, 11) is 0. The predicted molar refractivity (Wildman–Crippen MR) is 98.9 cm³/mol. The number of amides is 1. The molecule has 0 saturated carbocycles. The molecule has 1 heterocycles. The van der Waals surface area contributed by atoms with Crippen molar-refractivity contribution in [3.05, 3.63) is 76.9 Å². The average Bonchev–Trinajstić information content (AvgIpc) is 3.01. The third-order valence-corrected chi connectivity index (χ3v) is 4.10. The van der Waals surface area contributed by atoms with Crippen LogP contribution >= 0.6 is 0 Å². The molecule has 2 aromatic carbocycles. The topological polar surface area (TPSA) is 72.2 Å². The molecular weight excluding hydrogens is 347 g/mol. The normalized spacial score (nSPS) is 10.6. The SMILES string of the molecule is Cc1cccc(-c2nc(CC(=O)NCC(=O)c3ccc(F)cc3)c(C)o2)c1. The first-order chi connectivity index (χ1) is 12.9. The van der Waals surface area contributed by atoms with Crippen molar-refractivity contribution in [2.75, 3.05) is 6.54 Å². The van der Waals surface area contributed by atoms with E-state index < -0.39 is 5.82 Å². The van der Waals surface area contributed by atoms with Crippen LogP contribution in [-0.4, -0.2) is 23.2 Å². The van der Waals surface area contributed by atoms with Gasteiger partial charge in [-0.15, -0.1) is 0 Å². The fourth-order valence-electron chi connectivity index (χ4n) is 2.62. The summed E-state index contributed by atoms with van der Waals surface area (Å²) in [5.41, 5.74) is 2.80. The standard InChI is InChI=1S/C21H19FN2O3/c1-13-4-3-5-16(10-13)21-24-18(14(2)27-21)11-20(26)23-12-19(25)15-6-8-17(22)9-7-15/h3-10H,11-12H2,1-2H3,(H,23,26). The van der Waals surface area contributed by atoms with Crippen LogP contribution in [0.2, 0.25) is 0 Å². The highest BCUT2D eigenvalue weighted by Gasteiger charge is 2.16. The number of nitrogens with one attached hydrogen (secondary N) is 1. The third kappa shape index (κ3) is 4.67. The molecule has 3 rings (SSSR count). The zero-order valence-electron chi connectivity index (χ0n) is 15.1. The van der Waals surface area contributed by atoms with Crippen molar-refractivity contribution in [1.29, 1.82) is 0 Å². The lowest BCUT2D eigenvalue weighted by molar-refractivity contribution is -0.120. The molecule has 6 heteroatoms. The van der Waals surface area contributed by atoms with Crippen LogP contribution in [0.15, 0.2) is 52.9 Å². The molecule has 27 heavy (non-hydrogen) atoms. The van der Waals surface area contributed by atoms with Gasteiger partial charge >= 0.3 is 0 Å². The second-order valence-corrected chi connectivity index (χ2v) is 6.27. The number of hydrogen-bond acceptors (Lipinski definition) is 4. The quantitative estimate of drug-likeness (QED) is 0.676. The Labute approximate surface area is 156 Å². The van der Waals surface area contributed by atoms with Crippen LogP contribution < -0.4 is 5.32 Å². The van der Waals surface area contributed by atoms with Gasteiger partial charge in [0.1, 0.15) is 11.6 Å². The molecule has 0 atom stereocenters. The van der Waals surface area contributed by atoms with Gasteiger partial charge < -0.3 is 9.73 Å². The van der Waals surface area contributed by atoms with Crippen LogP contribution in [0.25, 0.3) is 11.5 Å². The van der Waals surface area contributed by atoms with E-state index in [1.807, 2.05) is 31.2 Å². The summed E-state index contributed by atoms with van der Waals surface area (Å²) in [6, 6.07) is 12.9. The lowest BCUT2D eigenvalue weighted by atomic mass is 10.1. The molecule has 0 fully saturated rings. The van der Waals surface area contributed by atoms with Crippen LogP contribution in [0, 0.1) is 19.7 Å². The monoisotopic (exact) mass is 366 g/mol. The molecule has 3 aromatic rings. The van der Waals surface area contributed by atoms with Crippen LogP contribution in [0.4, 0.5) is 4.39 Å². The largest absolute Gasteiger partial charge is 0.441 e. The Morgan fingerprint density at radius 1 is 1.11 bits per heavy atom. The lowest BCUT2D eigenvalue weighted by Gasteiger charge is -2.04. The average molecular weight is 366 g/mol. The van der Waals surface area contributed by atoms with Gasteiger partial charge in [0.15, 0.2) is 5.78 Å². The Bertz CT molecular complexity index is 977. The van der Waals surface area contributed by atoms with Gasteiger partial charge in [0.05, 0.1) is 18.7 Å². The minimum atomic E-state index is -0.415. The Kier molecular flexibility index (Phi) is 5.45. The smallest absolute Gasteiger partial charge is 0.226 e. The van der Waals surface area contributed by atoms with E-state index in [0.717, 1.165) is 11.1 Å². The summed E-state index contributed by atoms with van der Waals surface area (Å²) in [5, 5.41) is 2.57. The van der Waals surface area contributed by atoms with Crippen molar-refractivity contribution in [2.24, 2.45) is 0 Å². The van der Waals surface area contributed by atoms with E-state index in [-0.39, 0.29) is 24.7 Å². The molecule has 0 aliphatic rings. The summed E-state index contributed by atoms with van der Waals surface area (Å²) in [4.78, 5) is 28.6. The number of aryl methyl sites for hydroxylation is 2. The summed E-state index contributed by atoms with van der Waals surface area (Å²) >= 11 is 0. The van der Waals surface area contributed by atoms with Gasteiger partial charge in [-0.3, -0.25) is 9.59 Å². The number of carbonyl (C=O) groups excluding carboxylic acids is 2. The van der Waals surface area contributed by atoms with E-state index in [0.29, 0.717) is 22.9 Å². The minimum absolute atomic E-state index is 0.0118. The first kappa shape index (κ1) is 18.5. The van der Waals surface area contributed by atoms with E-state index >= 15 is 0 Å². The highest BCUT2D eigenvalue weighted by molar-refractivity contribution is 5.99. The molecule has 1 N–H and O–H groups in total. The van der Waals surface area contributed by atoms with E-state index in [2.05, 4.69) is 10.3 Å². The number of rotatable bonds is 6. The van der Waals surface area contributed by atoms with Crippen molar-refractivity contribution in [1.82, 2.24) is 10.3 Å². The van der Waals surface area contributed by atoms with Crippen LogP contribution in [0.3, 0.4) is 0 Å². The summed E-state index contributed by atoms with van der Waals surface area (Å²) in [6.07, 6.45) is 0.0118. The van der Waals surface area contributed by atoms with Crippen molar-refractivity contribution < 1.29 is 18.4 Å². The maximum Gasteiger partial charge on any atom is 0.226 e. The number of benzene rings is 2. The fraction of sp³-hybridized carbons (Fsp3) is 0.190. The number of hydrogen-bond donors (Lipinski definition) is 1. The van der Waals surface area contributed by atoms with E-state index in [1.165, 1.54) is 24.3 Å². The summed E-state index contributed by atoms with van der Waals surface area (Å²) < 4.78 is 18.6. The molecule has 0 aliphatic heterocycles. The Morgan fingerprint density at radius 2 is 1.85 bits per heavy atom. The fourth-order valence-corrected chi connectivity index (χ4v) is 2.62. The number of carbonyl (C=O) groups is 2. The number of ketones is 1. The zero-order chi connectivity index (χ0) is 19.4. The Hall–Kier alpha value is -3.28. The molecule has 5 nitrogen and oxygen atoms in total. The molecule has 138 valence electrons. The van der Waals surface area contributed by atoms with Gasteiger partial charge in [0.2, 0.25) is 11.8 Å². The van der Waals surface area contributed by atoms with Crippen molar-refractivity contribution >= 4 is 11.7 Å². The van der Waals surface area contributed by atoms with Gasteiger partial charge in [-0.05, 0) is 50.2 Å². The zero-order valence-corrected chi connectivity index (χ0v) is 15.1. The number of nitrogens with zero attached hydrogens (tertiary/aromatic N) is 1. The first-order valence-corrected chi connectivity index (χ1v) is 8.51. The van der Waals surface area contributed by atoms with Crippen molar-refractivity contribution in [2.45, 2.75) is 20.3 Å². The molecule has 0 bridgehead atoms. The molecule has 0 saturated heterocycles. The molecule has 0 spiro atoms. The van der Waals surface area contributed by atoms with E-state index in [9.17, 15) is 14.0 Å². The maximum atomic E-state index is 12.9. The summed E-state index contributed by atoms with van der Waals surface area (Å²) in [6.45, 7) is 3.57. The van der Waals surface area contributed by atoms with E-state index in [1.54, 1.807) is 6.92 Å². The van der Waals surface area contributed by atoms with Crippen LogP contribution in [0.1, 0.15) is 27.4 Å². The number of aromatic nitrogens is 1. The molecule has 0 aliphatic carbocycles. The van der Waals surface area contributed by atoms with Gasteiger partial charge in [-0.2, -0.15) is 0 Å².